The van der Waals surface area contributed by atoms with Crippen molar-refractivity contribution in [1.29, 1.82) is 0 Å². The van der Waals surface area contributed by atoms with E-state index in [0.717, 1.165) is 15.8 Å². The number of anilines is 2. The number of nitrogens with zero attached hydrogens (tertiary/aromatic N) is 4. The highest BCUT2D eigenvalue weighted by atomic mass is 32.1. The van der Waals surface area contributed by atoms with Gasteiger partial charge in [-0.3, -0.25) is 9.36 Å². The molecule has 2 heterocycles. The van der Waals surface area contributed by atoms with Crippen molar-refractivity contribution in [2.24, 2.45) is 0 Å². The van der Waals surface area contributed by atoms with Crippen molar-refractivity contribution in [2.45, 2.75) is 33.9 Å². The Morgan fingerprint density at radius 2 is 1.53 bits per heavy atom. The van der Waals surface area contributed by atoms with Crippen LogP contribution in [0.25, 0.3) is 0 Å². The molecule has 4 rings (SSSR count). The zero-order valence-electron chi connectivity index (χ0n) is 19.5. The molecule has 0 aliphatic carbocycles. The highest BCUT2D eigenvalue weighted by molar-refractivity contribution is 7.80. The van der Waals surface area contributed by atoms with E-state index in [2.05, 4.69) is 20.8 Å². The fourth-order valence-electron chi connectivity index (χ4n) is 3.72. The lowest BCUT2D eigenvalue weighted by Gasteiger charge is -2.11. The molecule has 6 nitrogen and oxygen atoms in total. The second kappa shape index (κ2) is 10.1. The van der Waals surface area contributed by atoms with Crippen molar-refractivity contribution < 1.29 is 22.0 Å². The first-order valence-electron chi connectivity index (χ1n) is 10.8. The largest absolute Gasteiger partial charge is 0.330 e. The molecule has 4 aromatic rings. The zero-order chi connectivity index (χ0) is 26.1. The van der Waals surface area contributed by atoms with Gasteiger partial charge in [-0.15, -0.1) is 0 Å². The van der Waals surface area contributed by atoms with Crippen molar-refractivity contribution in [1.82, 2.24) is 19.6 Å². The highest BCUT2D eigenvalue weighted by Crippen LogP contribution is 2.26. The quantitative estimate of drug-likeness (QED) is 0.150. The third-order valence-corrected chi connectivity index (χ3v) is 5.92. The normalized spacial score (nSPS) is 11.1. The number of aromatic nitrogens is 4. The lowest BCUT2D eigenvalue weighted by molar-refractivity contribution is 0.366. The van der Waals surface area contributed by atoms with Crippen molar-refractivity contribution in [3.8, 4) is 0 Å². The zero-order valence-corrected chi connectivity index (χ0v) is 20.3. The fourth-order valence-corrected chi connectivity index (χ4v) is 3.94. The molecule has 0 amide bonds. The molecule has 188 valence electrons. The van der Waals surface area contributed by atoms with Crippen LogP contribution in [-0.2, 0) is 13.1 Å². The lowest BCUT2D eigenvalue weighted by Crippen LogP contribution is -2.20. The summed E-state index contributed by atoms with van der Waals surface area (Å²) < 4.78 is 71.6. The Morgan fingerprint density at radius 3 is 2.19 bits per heavy atom. The molecule has 12 heteroatoms. The van der Waals surface area contributed by atoms with Crippen LogP contribution in [0.5, 0.6) is 0 Å². The van der Waals surface area contributed by atoms with Gasteiger partial charge in [0.05, 0.1) is 47.6 Å². The minimum Gasteiger partial charge on any atom is -0.330 e. The smallest absolute Gasteiger partial charge is 0.200 e. The van der Waals surface area contributed by atoms with Gasteiger partial charge in [-0.1, -0.05) is 24.3 Å². The Hall–Kier alpha value is -3.80. The number of thiocarbonyl (C=S) groups is 1. The van der Waals surface area contributed by atoms with Crippen LogP contribution in [0.2, 0.25) is 0 Å². The molecular weight excluding hydrogens is 499 g/mol. The maximum absolute atomic E-state index is 14.1. The number of nitrogens with one attached hydrogen (secondary N) is 2. The first kappa shape index (κ1) is 25.3. The Kier molecular flexibility index (Phi) is 7.07. The molecule has 2 N–H and O–H groups in total. The van der Waals surface area contributed by atoms with Crippen LogP contribution < -0.4 is 10.6 Å². The van der Waals surface area contributed by atoms with Crippen LogP contribution in [0, 0.1) is 49.9 Å². The van der Waals surface area contributed by atoms with Gasteiger partial charge in [0, 0.05) is 6.20 Å². The summed E-state index contributed by atoms with van der Waals surface area (Å²) in [6.45, 7) is 5.14. The number of rotatable bonds is 6. The number of halogens is 5. The van der Waals surface area contributed by atoms with E-state index >= 15 is 0 Å². The Balaban J connectivity index is 1.47. The molecule has 0 unspecified atom stereocenters. The monoisotopic (exact) mass is 520 g/mol. The van der Waals surface area contributed by atoms with Crippen LogP contribution in [0.3, 0.4) is 0 Å². The number of hydrogen-bond donors (Lipinski definition) is 2. The molecule has 0 spiro atoms. The summed E-state index contributed by atoms with van der Waals surface area (Å²) in [4.78, 5) is 0. The first-order chi connectivity index (χ1) is 17.1. The molecule has 0 radical (unpaired) electrons. The molecule has 0 aliphatic rings. The molecule has 0 bridgehead atoms. The van der Waals surface area contributed by atoms with Crippen LogP contribution in [-0.4, -0.2) is 24.7 Å². The summed E-state index contributed by atoms with van der Waals surface area (Å²) in [6.07, 6.45) is 3.39. The van der Waals surface area contributed by atoms with Gasteiger partial charge < -0.3 is 10.6 Å². The Bertz CT molecular complexity index is 1430. The van der Waals surface area contributed by atoms with E-state index in [1.165, 1.54) is 0 Å². The van der Waals surface area contributed by atoms with E-state index in [9.17, 15) is 22.0 Å². The van der Waals surface area contributed by atoms with Gasteiger partial charge in [-0.25, -0.2) is 22.0 Å². The first-order valence-corrected chi connectivity index (χ1v) is 11.2. The summed E-state index contributed by atoms with van der Waals surface area (Å²) in [7, 11) is 0. The SMILES string of the molecule is Cc1ccccc1Cn1cc(NC(=S)Nc2c(C)nn(Cc3c(F)c(F)c(F)c(F)c3F)c2C)cn1. The van der Waals surface area contributed by atoms with Gasteiger partial charge in [0.25, 0.3) is 0 Å². The summed E-state index contributed by atoms with van der Waals surface area (Å²) in [5, 5.41) is 14.7. The second-order valence-corrected chi connectivity index (χ2v) is 8.59. The van der Waals surface area contributed by atoms with Crippen molar-refractivity contribution in [3.05, 3.63) is 93.8 Å². The summed E-state index contributed by atoms with van der Waals surface area (Å²) in [5.74, 6) is -10.0. The molecule has 0 saturated heterocycles. The van der Waals surface area contributed by atoms with E-state index < -0.39 is 41.2 Å². The Morgan fingerprint density at radius 1 is 0.889 bits per heavy atom. The van der Waals surface area contributed by atoms with E-state index in [1.54, 1.807) is 30.9 Å². The average Bonchev–Trinajstić information content (AvgIpc) is 3.39. The van der Waals surface area contributed by atoms with Gasteiger partial charge in [0.1, 0.15) is 0 Å². The molecule has 36 heavy (non-hydrogen) atoms. The van der Waals surface area contributed by atoms with Crippen LogP contribution in [0.4, 0.5) is 33.3 Å². The van der Waals surface area contributed by atoms with Gasteiger partial charge in [0.15, 0.2) is 28.4 Å². The molecule has 0 atom stereocenters. The predicted octanol–water partition coefficient (Wildman–Crippen LogP) is 5.61. The van der Waals surface area contributed by atoms with Gasteiger partial charge in [-0.2, -0.15) is 10.2 Å². The average molecular weight is 521 g/mol. The van der Waals surface area contributed by atoms with E-state index in [1.807, 2.05) is 31.2 Å². The summed E-state index contributed by atoms with van der Waals surface area (Å²) >= 11 is 5.37. The second-order valence-electron chi connectivity index (χ2n) is 8.18. The van der Waals surface area contributed by atoms with Gasteiger partial charge in [0.2, 0.25) is 5.82 Å². The van der Waals surface area contributed by atoms with Crippen molar-refractivity contribution in [2.75, 3.05) is 10.6 Å². The summed E-state index contributed by atoms with van der Waals surface area (Å²) in [6, 6.07) is 7.97. The minimum absolute atomic E-state index is 0.201. The predicted molar refractivity (Wildman–Crippen MR) is 129 cm³/mol. The van der Waals surface area contributed by atoms with Crippen molar-refractivity contribution in [3.63, 3.8) is 0 Å². The van der Waals surface area contributed by atoms with Gasteiger partial charge in [-0.05, 0) is 44.1 Å². The van der Waals surface area contributed by atoms with E-state index in [4.69, 9.17) is 12.2 Å². The number of aryl methyl sites for hydroxylation is 2. The maximum Gasteiger partial charge on any atom is 0.200 e. The van der Waals surface area contributed by atoms with Crippen LogP contribution >= 0.6 is 12.2 Å². The third kappa shape index (κ3) is 4.94. The van der Waals surface area contributed by atoms with E-state index in [-0.39, 0.29) is 5.11 Å². The number of benzene rings is 2. The maximum atomic E-state index is 14.1. The molecule has 0 saturated carbocycles. The molecular formula is C24H21F5N6S. The fraction of sp³-hybridized carbons (Fsp3) is 0.208. The Labute approximate surface area is 208 Å². The van der Waals surface area contributed by atoms with Crippen LogP contribution in [0.1, 0.15) is 28.1 Å². The van der Waals surface area contributed by atoms with Crippen LogP contribution in [0.15, 0.2) is 36.7 Å². The number of hydrogen-bond acceptors (Lipinski definition) is 3. The standard InChI is InChI=1S/C24H21F5N6S/c1-12-6-4-5-7-15(12)9-34-10-16(8-30-34)31-24(36)32-23-13(2)33-35(14(23)3)11-17-18(25)20(27)22(29)21(28)19(17)26/h4-8,10H,9,11H2,1-3H3,(H2,31,32,36). The summed E-state index contributed by atoms with van der Waals surface area (Å²) in [5.41, 5.74) is 3.15. The lowest BCUT2D eigenvalue weighted by atomic mass is 10.1. The van der Waals surface area contributed by atoms with E-state index in [0.29, 0.717) is 29.3 Å². The molecule has 2 aromatic carbocycles. The third-order valence-electron chi connectivity index (χ3n) is 5.71. The highest BCUT2D eigenvalue weighted by Gasteiger charge is 2.26. The topological polar surface area (TPSA) is 59.7 Å². The molecule has 2 aromatic heterocycles. The molecule has 0 fully saturated rings. The van der Waals surface area contributed by atoms with Crippen molar-refractivity contribution >= 4 is 28.7 Å². The van der Waals surface area contributed by atoms with Gasteiger partial charge >= 0.3 is 0 Å². The minimum atomic E-state index is -2.21. The molecule has 0 aliphatic heterocycles.